The zero-order chi connectivity index (χ0) is 19.5. The molecule has 142 valence electrons. The van der Waals surface area contributed by atoms with E-state index in [1.807, 2.05) is 52.3 Å². The van der Waals surface area contributed by atoms with Gasteiger partial charge in [0, 0.05) is 31.7 Å². The fourth-order valence-corrected chi connectivity index (χ4v) is 3.61. The molecule has 4 rings (SSSR count). The minimum absolute atomic E-state index is 0.0117. The molecule has 1 saturated heterocycles. The summed E-state index contributed by atoms with van der Waals surface area (Å²) in [6, 6.07) is 20.4. The Morgan fingerprint density at radius 1 is 0.821 bits per heavy atom. The van der Waals surface area contributed by atoms with Crippen LogP contribution >= 0.6 is 0 Å². The summed E-state index contributed by atoms with van der Waals surface area (Å²) >= 11 is 0. The molecule has 0 aromatic heterocycles. The predicted octanol–water partition coefficient (Wildman–Crippen LogP) is 3.19. The molecule has 28 heavy (non-hydrogen) atoms. The second-order valence-corrected chi connectivity index (χ2v) is 7.07. The number of carbonyl (C=O) groups excluding carboxylic acids is 2. The molecule has 1 amide bonds. The highest BCUT2D eigenvalue weighted by molar-refractivity contribution is 6.00. The highest BCUT2D eigenvalue weighted by Gasteiger charge is 2.24. The van der Waals surface area contributed by atoms with Crippen LogP contribution in [0, 0.1) is 0 Å². The number of aromatic hydroxyl groups is 1. The number of ketones is 1. The first-order valence-corrected chi connectivity index (χ1v) is 9.43. The summed E-state index contributed by atoms with van der Waals surface area (Å²) in [6.45, 7) is 2.69. The van der Waals surface area contributed by atoms with E-state index in [1.165, 1.54) is 6.07 Å². The van der Waals surface area contributed by atoms with Crippen LogP contribution in [0.2, 0.25) is 0 Å². The maximum Gasteiger partial charge on any atom is 0.253 e. The first-order chi connectivity index (χ1) is 13.6. The Labute approximate surface area is 163 Å². The van der Waals surface area contributed by atoms with E-state index in [-0.39, 0.29) is 24.0 Å². The molecule has 0 spiro atoms. The highest BCUT2D eigenvalue weighted by atomic mass is 16.3. The molecule has 1 heterocycles. The molecule has 0 saturated carbocycles. The van der Waals surface area contributed by atoms with Crippen molar-refractivity contribution in [3.05, 3.63) is 77.9 Å². The van der Waals surface area contributed by atoms with Crippen molar-refractivity contribution >= 4 is 22.5 Å². The Bertz CT molecular complexity index is 1020. The minimum Gasteiger partial charge on any atom is -0.507 e. The molecule has 1 aliphatic heterocycles. The molecule has 1 N–H and O–H groups in total. The number of hydrogen-bond donors (Lipinski definition) is 1. The van der Waals surface area contributed by atoms with Gasteiger partial charge in [0.15, 0.2) is 5.78 Å². The van der Waals surface area contributed by atoms with Crippen molar-refractivity contribution in [2.24, 2.45) is 0 Å². The molecule has 0 atom stereocenters. The van der Waals surface area contributed by atoms with Gasteiger partial charge in [-0.1, -0.05) is 42.5 Å². The van der Waals surface area contributed by atoms with Crippen molar-refractivity contribution in [2.75, 3.05) is 32.7 Å². The van der Waals surface area contributed by atoms with E-state index in [2.05, 4.69) is 0 Å². The number of phenolic OH excluding ortho intramolecular Hbond substituents is 1. The summed E-state index contributed by atoms with van der Waals surface area (Å²) in [5.74, 6) is -0.0672. The first-order valence-electron chi connectivity index (χ1n) is 9.43. The zero-order valence-electron chi connectivity index (χ0n) is 15.5. The van der Waals surface area contributed by atoms with Crippen LogP contribution in [-0.4, -0.2) is 59.3 Å². The van der Waals surface area contributed by atoms with E-state index in [1.54, 1.807) is 18.2 Å². The van der Waals surface area contributed by atoms with Crippen LogP contribution in [-0.2, 0) is 0 Å². The molecule has 0 radical (unpaired) electrons. The van der Waals surface area contributed by atoms with Gasteiger partial charge in [-0.05, 0) is 35.0 Å². The molecule has 5 nitrogen and oxygen atoms in total. The molecule has 0 aliphatic carbocycles. The summed E-state index contributed by atoms with van der Waals surface area (Å²) in [5, 5.41) is 12.0. The van der Waals surface area contributed by atoms with Crippen LogP contribution in [0.15, 0.2) is 66.7 Å². The van der Waals surface area contributed by atoms with Gasteiger partial charge >= 0.3 is 0 Å². The lowest BCUT2D eigenvalue weighted by Gasteiger charge is -2.34. The predicted molar refractivity (Wildman–Crippen MR) is 109 cm³/mol. The van der Waals surface area contributed by atoms with Gasteiger partial charge in [-0.15, -0.1) is 0 Å². The van der Waals surface area contributed by atoms with E-state index >= 15 is 0 Å². The normalized spacial score (nSPS) is 14.9. The SMILES string of the molecule is O=C(CN1CCN(C(=O)c2ccc3ccccc3c2)CC1)c1ccccc1O. The van der Waals surface area contributed by atoms with E-state index in [0.29, 0.717) is 37.3 Å². The number of rotatable bonds is 4. The zero-order valence-corrected chi connectivity index (χ0v) is 15.5. The maximum atomic E-state index is 12.8. The van der Waals surface area contributed by atoms with Gasteiger partial charge in [0.2, 0.25) is 0 Å². The second-order valence-electron chi connectivity index (χ2n) is 7.07. The summed E-state index contributed by atoms with van der Waals surface area (Å²) in [4.78, 5) is 29.1. The minimum atomic E-state index is -0.104. The van der Waals surface area contributed by atoms with Gasteiger partial charge in [-0.25, -0.2) is 0 Å². The van der Waals surface area contributed by atoms with E-state index in [4.69, 9.17) is 0 Å². The molecular formula is C23H22N2O3. The molecule has 3 aromatic rings. The lowest BCUT2D eigenvalue weighted by molar-refractivity contribution is 0.0624. The van der Waals surface area contributed by atoms with Crippen LogP contribution in [0.25, 0.3) is 10.8 Å². The Kier molecular flexibility index (Phi) is 5.08. The fourth-order valence-electron chi connectivity index (χ4n) is 3.61. The number of fused-ring (bicyclic) bond motifs is 1. The summed E-state index contributed by atoms with van der Waals surface area (Å²) < 4.78 is 0. The molecular weight excluding hydrogens is 352 g/mol. The topological polar surface area (TPSA) is 60.9 Å². The third-order valence-electron chi connectivity index (χ3n) is 5.23. The average molecular weight is 374 g/mol. The highest BCUT2D eigenvalue weighted by Crippen LogP contribution is 2.19. The Morgan fingerprint density at radius 2 is 1.50 bits per heavy atom. The summed E-state index contributed by atoms with van der Waals surface area (Å²) in [7, 11) is 0. The molecule has 1 fully saturated rings. The van der Waals surface area contributed by atoms with Crippen molar-refractivity contribution in [1.29, 1.82) is 0 Å². The van der Waals surface area contributed by atoms with E-state index in [9.17, 15) is 14.7 Å². The van der Waals surface area contributed by atoms with Crippen LogP contribution in [0.5, 0.6) is 5.75 Å². The number of para-hydroxylation sites is 1. The van der Waals surface area contributed by atoms with Gasteiger partial charge in [0.05, 0.1) is 12.1 Å². The van der Waals surface area contributed by atoms with Gasteiger partial charge in [-0.2, -0.15) is 0 Å². The van der Waals surface area contributed by atoms with Gasteiger partial charge < -0.3 is 10.0 Å². The van der Waals surface area contributed by atoms with Gasteiger partial charge in [0.1, 0.15) is 5.75 Å². The number of nitrogens with zero attached hydrogens (tertiary/aromatic N) is 2. The van der Waals surface area contributed by atoms with Crippen LogP contribution in [0.4, 0.5) is 0 Å². The number of hydrogen-bond acceptors (Lipinski definition) is 4. The van der Waals surface area contributed by atoms with Crippen molar-refractivity contribution in [3.8, 4) is 5.75 Å². The quantitative estimate of drug-likeness (QED) is 0.713. The maximum absolute atomic E-state index is 12.8. The standard InChI is InChI=1S/C23H22N2O3/c26-21-8-4-3-7-20(21)22(27)16-24-11-13-25(14-12-24)23(28)19-10-9-17-5-1-2-6-18(17)15-19/h1-10,15,26H,11-14,16H2. The van der Waals surface area contributed by atoms with E-state index in [0.717, 1.165) is 10.8 Å². The molecule has 0 bridgehead atoms. The third-order valence-corrected chi connectivity index (χ3v) is 5.23. The summed E-state index contributed by atoms with van der Waals surface area (Å²) in [6.07, 6.45) is 0. The lowest BCUT2D eigenvalue weighted by Crippen LogP contribution is -2.49. The third kappa shape index (κ3) is 3.75. The average Bonchev–Trinajstić information content (AvgIpc) is 2.73. The number of carbonyl (C=O) groups is 2. The number of piperazine rings is 1. The van der Waals surface area contributed by atoms with E-state index < -0.39 is 0 Å². The summed E-state index contributed by atoms with van der Waals surface area (Å²) in [5.41, 5.74) is 1.04. The number of Topliss-reactive ketones (excluding diaryl/α,β-unsaturated/α-hetero) is 1. The molecule has 5 heteroatoms. The lowest BCUT2D eigenvalue weighted by atomic mass is 10.1. The van der Waals surface area contributed by atoms with Crippen molar-refractivity contribution in [3.63, 3.8) is 0 Å². The second kappa shape index (κ2) is 7.82. The van der Waals surface area contributed by atoms with Crippen LogP contribution < -0.4 is 0 Å². The van der Waals surface area contributed by atoms with Crippen molar-refractivity contribution in [1.82, 2.24) is 9.80 Å². The van der Waals surface area contributed by atoms with Gasteiger partial charge in [-0.3, -0.25) is 14.5 Å². The number of phenols is 1. The number of benzene rings is 3. The molecule has 1 aliphatic rings. The smallest absolute Gasteiger partial charge is 0.253 e. The van der Waals surface area contributed by atoms with Crippen molar-refractivity contribution < 1.29 is 14.7 Å². The fraction of sp³-hybridized carbons (Fsp3) is 0.217. The molecule has 0 unspecified atom stereocenters. The number of amides is 1. The van der Waals surface area contributed by atoms with Crippen LogP contribution in [0.1, 0.15) is 20.7 Å². The van der Waals surface area contributed by atoms with Crippen LogP contribution in [0.3, 0.4) is 0 Å². The Hall–Kier alpha value is -3.18. The first kappa shape index (κ1) is 18.2. The largest absolute Gasteiger partial charge is 0.507 e. The Morgan fingerprint density at radius 3 is 2.25 bits per heavy atom. The Balaban J connectivity index is 1.37. The monoisotopic (exact) mass is 374 g/mol. The van der Waals surface area contributed by atoms with Gasteiger partial charge in [0.25, 0.3) is 5.91 Å². The van der Waals surface area contributed by atoms with Crippen molar-refractivity contribution in [2.45, 2.75) is 0 Å². The molecule has 3 aromatic carbocycles.